The van der Waals surface area contributed by atoms with E-state index >= 15 is 0 Å². The van der Waals surface area contributed by atoms with Gasteiger partial charge < -0.3 is 4.57 Å². The highest BCUT2D eigenvalue weighted by atomic mass is 32.1. The summed E-state index contributed by atoms with van der Waals surface area (Å²) in [6.07, 6.45) is 3.37. The van der Waals surface area contributed by atoms with E-state index in [1.807, 2.05) is 0 Å². The van der Waals surface area contributed by atoms with Crippen LogP contribution in [0.4, 0.5) is 0 Å². The molecule has 0 aromatic carbocycles. The fourth-order valence-corrected chi connectivity index (χ4v) is 1.21. The van der Waals surface area contributed by atoms with Crippen molar-refractivity contribution in [2.24, 2.45) is 5.92 Å². The molecule has 1 atom stereocenters. The van der Waals surface area contributed by atoms with Gasteiger partial charge in [0.2, 0.25) is 0 Å². The van der Waals surface area contributed by atoms with Gasteiger partial charge in [-0.25, -0.2) is 0 Å². The van der Waals surface area contributed by atoms with E-state index in [4.69, 9.17) is 0 Å². The molecule has 1 aromatic rings. The van der Waals surface area contributed by atoms with Crippen molar-refractivity contribution >= 4 is 12.6 Å². The van der Waals surface area contributed by atoms with E-state index in [2.05, 4.69) is 24.5 Å². The second-order valence-electron chi connectivity index (χ2n) is 3.26. The van der Waals surface area contributed by atoms with Gasteiger partial charge in [0.1, 0.15) is 5.69 Å². The summed E-state index contributed by atoms with van der Waals surface area (Å²) in [5, 5.41) is 0. The Hall–Kier alpha value is -0.770. The van der Waals surface area contributed by atoms with E-state index in [1.165, 1.54) is 0 Å². The number of thiol groups is 1. The van der Waals surface area contributed by atoms with Crippen LogP contribution in [0.5, 0.6) is 0 Å². The first-order valence-electron chi connectivity index (χ1n) is 4.28. The topological polar surface area (TPSA) is 34.9 Å². The fraction of sp³-hybridized carbons (Fsp3) is 0.556. The molecule has 0 aliphatic rings. The molecule has 0 fully saturated rings. The first-order chi connectivity index (χ1) is 6.15. The quantitative estimate of drug-likeness (QED) is 0.739. The first kappa shape index (κ1) is 10.3. The summed E-state index contributed by atoms with van der Waals surface area (Å²) in [6, 6.07) is 0. The van der Waals surface area contributed by atoms with Gasteiger partial charge in [-0.3, -0.25) is 9.78 Å². The molecule has 3 nitrogen and oxygen atoms in total. The molecule has 0 radical (unpaired) electrons. The third kappa shape index (κ3) is 2.59. The molecular weight excluding hydrogens is 184 g/mol. The molecule has 0 saturated heterocycles. The molecular formula is C9H14N2OS. The molecule has 1 rings (SSSR count). The summed E-state index contributed by atoms with van der Waals surface area (Å²) in [7, 11) is 0. The van der Waals surface area contributed by atoms with E-state index in [1.54, 1.807) is 23.9 Å². The van der Waals surface area contributed by atoms with E-state index in [0.717, 1.165) is 5.75 Å². The van der Waals surface area contributed by atoms with Gasteiger partial charge in [-0.15, -0.1) is 0 Å². The minimum Gasteiger partial charge on any atom is -0.312 e. The van der Waals surface area contributed by atoms with E-state index in [-0.39, 0.29) is 5.56 Å². The van der Waals surface area contributed by atoms with Crippen LogP contribution >= 0.6 is 12.6 Å². The van der Waals surface area contributed by atoms with Crippen molar-refractivity contribution in [2.75, 3.05) is 5.75 Å². The Kier molecular flexibility index (Phi) is 3.54. The van der Waals surface area contributed by atoms with Crippen LogP contribution in [0.1, 0.15) is 12.6 Å². The van der Waals surface area contributed by atoms with E-state index in [9.17, 15) is 4.79 Å². The van der Waals surface area contributed by atoms with Gasteiger partial charge in [-0.1, -0.05) is 6.92 Å². The predicted octanol–water partition coefficient (Wildman–Crippen LogP) is 1.12. The lowest BCUT2D eigenvalue weighted by Gasteiger charge is -2.10. The normalized spacial score (nSPS) is 12.8. The highest BCUT2D eigenvalue weighted by molar-refractivity contribution is 7.80. The maximum Gasteiger partial charge on any atom is 0.271 e. The maximum atomic E-state index is 11.5. The summed E-state index contributed by atoms with van der Waals surface area (Å²) in [6.45, 7) is 4.51. The average Bonchev–Trinajstić information content (AvgIpc) is 2.13. The van der Waals surface area contributed by atoms with Gasteiger partial charge in [-0.05, 0) is 18.6 Å². The maximum absolute atomic E-state index is 11.5. The number of hydrogen-bond acceptors (Lipinski definition) is 3. The minimum atomic E-state index is -0.00358. The molecule has 1 aromatic heterocycles. The van der Waals surface area contributed by atoms with Crippen LogP contribution in [0, 0.1) is 12.8 Å². The zero-order chi connectivity index (χ0) is 9.84. The van der Waals surface area contributed by atoms with Gasteiger partial charge in [0.15, 0.2) is 0 Å². The lowest BCUT2D eigenvalue weighted by atomic mass is 10.2. The summed E-state index contributed by atoms with van der Waals surface area (Å²) in [5.41, 5.74) is 0.546. The van der Waals surface area contributed by atoms with Crippen LogP contribution in [-0.2, 0) is 6.54 Å². The van der Waals surface area contributed by atoms with Gasteiger partial charge in [0.25, 0.3) is 5.56 Å². The molecule has 1 heterocycles. The molecule has 4 heteroatoms. The van der Waals surface area contributed by atoms with Crippen LogP contribution in [0.2, 0.25) is 0 Å². The van der Waals surface area contributed by atoms with Crippen LogP contribution < -0.4 is 5.56 Å². The van der Waals surface area contributed by atoms with Gasteiger partial charge in [-0.2, -0.15) is 12.6 Å². The van der Waals surface area contributed by atoms with E-state index < -0.39 is 0 Å². The largest absolute Gasteiger partial charge is 0.312 e. The Labute approximate surface area is 83.2 Å². The highest BCUT2D eigenvalue weighted by Gasteiger charge is 2.03. The summed E-state index contributed by atoms with van der Waals surface area (Å²) in [4.78, 5) is 15.4. The number of aromatic nitrogens is 2. The number of hydrogen-bond donors (Lipinski definition) is 1. The number of rotatable bonds is 3. The van der Waals surface area contributed by atoms with Crippen molar-refractivity contribution in [3.63, 3.8) is 0 Å². The Morgan fingerprint density at radius 2 is 2.38 bits per heavy atom. The highest BCUT2D eigenvalue weighted by Crippen LogP contribution is 2.00. The van der Waals surface area contributed by atoms with Crippen molar-refractivity contribution in [3.8, 4) is 0 Å². The summed E-state index contributed by atoms with van der Waals surface area (Å²) in [5.74, 6) is 1.19. The predicted molar refractivity (Wildman–Crippen MR) is 56.3 cm³/mol. The lowest BCUT2D eigenvalue weighted by molar-refractivity contribution is 0.514. The standard InChI is InChI=1S/C9H14N2OS/c1-7(6-13)5-11-4-3-10-8(2)9(11)12/h3-4,7,13H,5-6H2,1-2H3. The molecule has 0 aliphatic carbocycles. The lowest BCUT2D eigenvalue weighted by Crippen LogP contribution is -2.25. The zero-order valence-corrected chi connectivity index (χ0v) is 8.79. The number of aryl methyl sites for hydroxylation is 1. The summed E-state index contributed by atoms with van der Waals surface area (Å²) < 4.78 is 1.68. The monoisotopic (exact) mass is 198 g/mol. The van der Waals surface area contributed by atoms with Crippen molar-refractivity contribution in [2.45, 2.75) is 20.4 Å². The first-order valence-corrected chi connectivity index (χ1v) is 4.91. The third-order valence-corrected chi connectivity index (χ3v) is 2.53. The van der Waals surface area contributed by atoms with Gasteiger partial charge in [0, 0.05) is 18.9 Å². The molecule has 0 spiro atoms. The minimum absolute atomic E-state index is 0.00358. The van der Waals surface area contributed by atoms with Crippen molar-refractivity contribution < 1.29 is 0 Å². The van der Waals surface area contributed by atoms with E-state index in [0.29, 0.717) is 18.2 Å². The van der Waals surface area contributed by atoms with Crippen LogP contribution in [0.25, 0.3) is 0 Å². The van der Waals surface area contributed by atoms with Gasteiger partial charge in [0.05, 0.1) is 0 Å². The molecule has 0 amide bonds. The number of nitrogens with zero attached hydrogens (tertiary/aromatic N) is 2. The van der Waals surface area contributed by atoms with Crippen molar-refractivity contribution in [3.05, 3.63) is 28.4 Å². The molecule has 72 valence electrons. The molecule has 0 saturated carbocycles. The molecule has 0 aliphatic heterocycles. The Balaban J connectivity index is 2.89. The van der Waals surface area contributed by atoms with Crippen LogP contribution in [-0.4, -0.2) is 15.3 Å². The second kappa shape index (κ2) is 4.46. The zero-order valence-electron chi connectivity index (χ0n) is 7.90. The molecule has 0 N–H and O–H groups in total. The third-order valence-electron chi connectivity index (χ3n) is 1.91. The van der Waals surface area contributed by atoms with Crippen molar-refractivity contribution in [1.29, 1.82) is 0 Å². The molecule has 13 heavy (non-hydrogen) atoms. The summed E-state index contributed by atoms with van der Waals surface area (Å²) >= 11 is 4.17. The Morgan fingerprint density at radius 1 is 1.69 bits per heavy atom. The molecule has 0 bridgehead atoms. The SMILES string of the molecule is Cc1nccn(CC(C)CS)c1=O. The van der Waals surface area contributed by atoms with Gasteiger partial charge >= 0.3 is 0 Å². The van der Waals surface area contributed by atoms with Crippen molar-refractivity contribution in [1.82, 2.24) is 9.55 Å². The Bertz CT molecular complexity index is 335. The average molecular weight is 198 g/mol. The van der Waals surface area contributed by atoms with Crippen LogP contribution in [0.3, 0.4) is 0 Å². The van der Waals surface area contributed by atoms with Crippen LogP contribution in [0.15, 0.2) is 17.2 Å². The smallest absolute Gasteiger partial charge is 0.271 e. The Morgan fingerprint density at radius 3 is 3.00 bits per heavy atom. The fourth-order valence-electron chi connectivity index (χ4n) is 1.09. The molecule has 1 unspecified atom stereocenters. The second-order valence-corrected chi connectivity index (χ2v) is 3.62.